The van der Waals surface area contributed by atoms with Gasteiger partial charge < -0.3 is 4.74 Å². The van der Waals surface area contributed by atoms with Gasteiger partial charge in [-0.3, -0.25) is 10.1 Å². The third kappa shape index (κ3) is 1.94. The predicted molar refractivity (Wildman–Crippen MR) is 32.8 cm³/mol. The van der Waals surface area contributed by atoms with Crippen molar-refractivity contribution in [1.82, 2.24) is 15.4 Å². The van der Waals surface area contributed by atoms with Gasteiger partial charge in [-0.2, -0.15) is 4.79 Å². The van der Waals surface area contributed by atoms with Gasteiger partial charge in [-0.15, -0.1) is 5.10 Å². The second-order valence-electron chi connectivity index (χ2n) is 1.58. The Balaban J connectivity index is 2.65. The summed E-state index contributed by atoms with van der Waals surface area (Å²) in [7, 11) is 0. The van der Waals surface area contributed by atoms with E-state index in [0.717, 1.165) is 0 Å². The number of amides is 1. The Morgan fingerprint density at radius 1 is 1.67 bits per heavy atom. The number of ether oxygens (including phenoxy) is 1. The average molecular weight is 170 g/mol. The van der Waals surface area contributed by atoms with E-state index < -0.39 is 11.0 Å². The Bertz CT molecular complexity index is 299. The molecule has 0 bridgehead atoms. The first-order valence-corrected chi connectivity index (χ1v) is 2.70. The van der Waals surface area contributed by atoms with Crippen molar-refractivity contribution >= 4 is 6.09 Å². The van der Waals surface area contributed by atoms with E-state index in [1.54, 1.807) is 0 Å². The maximum absolute atomic E-state index is 10.3. The Morgan fingerprint density at radius 2 is 2.42 bits per heavy atom. The lowest BCUT2D eigenvalue weighted by molar-refractivity contribution is -0.389. The first kappa shape index (κ1) is 7.98. The van der Waals surface area contributed by atoms with Crippen molar-refractivity contribution in [2.75, 3.05) is 0 Å². The molecule has 1 heterocycles. The molecule has 0 spiro atoms. The summed E-state index contributed by atoms with van der Waals surface area (Å²) >= 11 is 0. The maximum Gasteiger partial charge on any atom is 0.663 e. The number of hydrogen-bond acceptors (Lipinski definition) is 7. The van der Waals surface area contributed by atoms with Crippen LogP contribution in [0.25, 0.3) is 0 Å². The molecule has 0 saturated heterocycles. The van der Waals surface area contributed by atoms with Gasteiger partial charge in [-0.05, 0) is 5.21 Å². The molecule has 0 unspecified atom stereocenters. The van der Waals surface area contributed by atoms with Crippen LogP contribution in [0.1, 0.15) is 0 Å². The minimum absolute atomic E-state index is 0.258. The molecule has 0 saturated carbocycles. The molecule has 0 N–H and O–H groups in total. The predicted octanol–water partition coefficient (Wildman–Crippen LogP) is -0.353. The second kappa shape index (κ2) is 3.32. The normalized spacial score (nSPS) is 9.00. The Hall–Kier alpha value is -2.12. The van der Waals surface area contributed by atoms with Crippen molar-refractivity contribution in [3.63, 3.8) is 0 Å². The molecule has 1 aromatic rings. The van der Waals surface area contributed by atoms with Gasteiger partial charge in [-0.1, -0.05) is 5.10 Å². The lowest BCUT2D eigenvalue weighted by Crippen LogP contribution is -2.17. The summed E-state index contributed by atoms with van der Waals surface area (Å²) in [6.45, 7) is 0. The van der Waals surface area contributed by atoms with Crippen molar-refractivity contribution in [2.45, 2.75) is 0 Å². The summed E-state index contributed by atoms with van der Waals surface area (Å²) < 4.78 is 4.12. The molecule has 0 aromatic carbocycles. The first-order chi connectivity index (χ1) is 5.70. The highest BCUT2D eigenvalue weighted by Gasteiger charge is 2.18. The van der Waals surface area contributed by atoms with E-state index in [2.05, 4.69) is 20.1 Å². The largest absolute Gasteiger partial charge is 0.663 e. The van der Waals surface area contributed by atoms with E-state index in [4.69, 9.17) is 0 Å². The zero-order valence-corrected chi connectivity index (χ0v) is 5.58. The summed E-state index contributed by atoms with van der Waals surface area (Å²) in [6, 6.07) is 1.18. The van der Waals surface area contributed by atoms with Crippen LogP contribution >= 0.6 is 0 Å². The highest BCUT2D eigenvalue weighted by molar-refractivity contribution is 5.60. The standard InChI is InChI=1S/C4H2N4O4/c9-4(8(10)11)12-3-1-2-5-7-6-3/h1-2H. The number of hydrogen-bond donors (Lipinski definition) is 0. The van der Waals surface area contributed by atoms with Crippen LogP contribution in [0.3, 0.4) is 0 Å². The molecule has 0 aliphatic carbocycles. The van der Waals surface area contributed by atoms with E-state index in [0.29, 0.717) is 0 Å². The average Bonchev–Trinajstić information content (AvgIpc) is 2.06. The lowest BCUT2D eigenvalue weighted by atomic mass is 10.7. The number of carbonyl (C=O) groups is 1. The number of carbonyl (C=O) groups excluding carboxylic acids is 1. The van der Waals surface area contributed by atoms with Gasteiger partial charge in [0, 0.05) is 6.07 Å². The van der Waals surface area contributed by atoms with Crippen molar-refractivity contribution in [2.24, 2.45) is 0 Å². The molecule has 0 radical (unpaired) electrons. The fourth-order valence-electron chi connectivity index (χ4n) is 0.411. The molecule has 62 valence electrons. The maximum atomic E-state index is 10.3. The summed E-state index contributed by atoms with van der Waals surface area (Å²) in [6.07, 6.45) is -0.411. The Labute approximate surface area is 65.3 Å². The zero-order valence-electron chi connectivity index (χ0n) is 5.58. The van der Waals surface area contributed by atoms with Gasteiger partial charge in [0.05, 0.1) is 6.20 Å². The summed E-state index contributed by atoms with van der Waals surface area (Å²) in [5.41, 5.74) is 0. The van der Waals surface area contributed by atoms with E-state index in [1.165, 1.54) is 12.3 Å². The monoisotopic (exact) mass is 170 g/mol. The number of nitro groups is 1. The molecule has 12 heavy (non-hydrogen) atoms. The minimum atomic E-state index is -1.60. The highest BCUT2D eigenvalue weighted by atomic mass is 16.7. The lowest BCUT2D eigenvalue weighted by Gasteiger charge is -1.91. The van der Waals surface area contributed by atoms with Crippen LogP contribution in [0.15, 0.2) is 12.3 Å². The van der Waals surface area contributed by atoms with Crippen molar-refractivity contribution in [3.8, 4) is 5.88 Å². The van der Waals surface area contributed by atoms with E-state index >= 15 is 0 Å². The van der Waals surface area contributed by atoms with Gasteiger partial charge in [0.15, 0.2) is 0 Å². The van der Waals surface area contributed by atoms with Crippen molar-refractivity contribution in [3.05, 3.63) is 22.4 Å². The van der Waals surface area contributed by atoms with Gasteiger partial charge in [-0.25, -0.2) is 0 Å². The molecular formula is C4H2N4O4. The summed E-state index contributed by atoms with van der Waals surface area (Å²) in [4.78, 5) is 18.9. The quantitative estimate of drug-likeness (QED) is 0.418. The SMILES string of the molecule is O=C(Oc1ccnnn1)[N+](=O)[O-]. The molecule has 0 fully saturated rings. The van der Waals surface area contributed by atoms with Crippen LogP contribution in [-0.2, 0) is 0 Å². The van der Waals surface area contributed by atoms with E-state index in [9.17, 15) is 14.9 Å². The molecule has 0 atom stereocenters. The van der Waals surface area contributed by atoms with E-state index in [1.807, 2.05) is 0 Å². The Morgan fingerprint density at radius 3 is 2.92 bits per heavy atom. The van der Waals surface area contributed by atoms with Gasteiger partial charge in [0.25, 0.3) is 5.88 Å². The van der Waals surface area contributed by atoms with Crippen molar-refractivity contribution < 1.29 is 14.5 Å². The molecule has 8 nitrogen and oxygen atoms in total. The minimum Gasteiger partial charge on any atom is -0.348 e. The first-order valence-electron chi connectivity index (χ1n) is 2.70. The van der Waals surface area contributed by atoms with Crippen molar-refractivity contribution in [1.29, 1.82) is 0 Å². The van der Waals surface area contributed by atoms with E-state index in [-0.39, 0.29) is 5.88 Å². The molecule has 0 aliphatic rings. The Kier molecular flexibility index (Phi) is 2.21. The van der Waals surface area contributed by atoms with Crippen LogP contribution in [0, 0.1) is 10.1 Å². The number of nitrogens with zero attached hydrogens (tertiary/aromatic N) is 4. The summed E-state index contributed by atoms with van der Waals surface area (Å²) in [5, 5.41) is 19.3. The molecular weight excluding hydrogens is 168 g/mol. The molecule has 1 amide bonds. The number of aromatic nitrogens is 3. The third-order valence-electron chi connectivity index (χ3n) is 0.820. The van der Waals surface area contributed by atoms with Gasteiger partial charge in [0.2, 0.25) is 0 Å². The highest BCUT2D eigenvalue weighted by Crippen LogP contribution is 2.00. The summed E-state index contributed by atoms with van der Waals surface area (Å²) in [5.74, 6) is -0.258. The van der Waals surface area contributed by atoms with Gasteiger partial charge >= 0.3 is 6.09 Å². The third-order valence-corrected chi connectivity index (χ3v) is 0.820. The van der Waals surface area contributed by atoms with Crippen LogP contribution < -0.4 is 4.74 Å². The van der Waals surface area contributed by atoms with Crippen LogP contribution in [0.2, 0.25) is 0 Å². The fourth-order valence-corrected chi connectivity index (χ4v) is 0.411. The fraction of sp³-hybridized carbons (Fsp3) is 0. The van der Waals surface area contributed by atoms with Crippen LogP contribution in [0.5, 0.6) is 5.88 Å². The topological polar surface area (TPSA) is 108 Å². The van der Waals surface area contributed by atoms with Crippen LogP contribution in [0.4, 0.5) is 4.79 Å². The smallest absolute Gasteiger partial charge is 0.348 e. The molecule has 8 heteroatoms. The number of rotatable bonds is 1. The second-order valence-corrected chi connectivity index (χ2v) is 1.58. The van der Waals surface area contributed by atoms with Crippen LogP contribution in [-0.4, -0.2) is 26.4 Å². The zero-order chi connectivity index (χ0) is 8.97. The molecule has 1 aromatic heterocycles. The molecule has 0 aliphatic heterocycles. The van der Waals surface area contributed by atoms with Gasteiger partial charge in [0.1, 0.15) is 4.92 Å². The molecule has 1 rings (SSSR count).